The number of methoxy groups -OCH3 is 1. The highest BCUT2D eigenvalue weighted by atomic mass is 16.7. The number of carboxylic acid groups (broad SMARTS) is 1. The number of nitrogens with zero attached hydrogens (tertiary/aromatic N) is 2. The molecule has 0 unspecified atom stereocenters. The summed E-state index contributed by atoms with van der Waals surface area (Å²) in [5, 5.41) is 10.5. The van der Waals surface area contributed by atoms with Crippen molar-refractivity contribution in [2.45, 2.75) is 78.7 Å². The van der Waals surface area contributed by atoms with E-state index in [9.17, 15) is 14.7 Å². The minimum Gasteiger partial charge on any atom is -0.493 e. The van der Waals surface area contributed by atoms with E-state index in [1.807, 2.05) is 30.0 Å². The summed E-state index contributed by atoms with van der Waals surface area (Å²) in [7, 11) is 1.57. The Morgan fingerprint density at radius 2 is 1.87 bits per heavy atom. The summed E-state index contributed by atoms with van der Waals surface area (Å²) in [6.07, 6.45) is 8.73. The zero-order valence-electron chi connectivity index (χ0n) is 24.0. The topological polar surface area (TPSA) is 88.5 Å². The van der Waals surface area contributed by atoms with Gasteiger partial charge in [-0.05, 0) is 49.3 Å². The predicted octanol–water partition coefficient (Wildman–Crippen LogP) is 5.31. The highest BCUT2D eigenvalue weighted by molar-refractivity contribution is 5.79. The van der Waals surface area contributed by atoms with Crippen LogP contribution in [0.4, 0.5) is 0 Å². The predicted molar refractivity (Wildman–Crippen MR) is 148 cm³/mol. The van der Waals surface area contributed by atoms with E-state index in [0.29, 0.717) is 30.2 Å². The fourth-order valence-corrected chi connectivity index (χ4v) is 5.84. The molecule has 1 aromatic rings. The van der Waals surface area contributed by atoms with E-state index in [4.69, 9.17) is 14.2 Å². The van der Waals surface area contributed by atoms with Gasteiger partial charge in [-0.3, -0.25) is 14.5 Å². The number of carbonyl (C=O) groups excluding carboxylic acids is 1. The van der Waals surface area contributed by atoms with Crippen molar-refractivity contribution in [3.8, 4) is 17.2 Å². The van der Waals surface area contributed by atoms with Crippen LogP contribution in [0.25, 0.3) is 0 Å². The smallest absolute Gasteiger partial charge is 0.308 e. The van der Waals surface area contributed by atoms with Crippen molar-refractivity contribution in [2.24, 2.45) is 11.3 Å². The Labute approximate surface area is 227 Å². The van der Waals surface area contributed by atoms with Crippen molar-refractivity contribution in [1.82, 2.24) is 9.80 Å². The Kier molecular flexibility index (Phi) is 10.5. The van der Waals surface area contributed by atoms with Crippen LogP contribution < -0.4 is 14.2 Å². The second-order valence-corrected chi connectivity index (χ2v) is 11.2. The van der Waals surface area contributed by atoms with Gasteiger partial charge in [0.05, 0.1) is 19.6 Å². The molecule has 2 aliphatic heterocycles. The lowest BCUT2D eigenvalue weighted by molar-refractivity contribution is -0.144. The summed E-state index contributed by atoms with van der Waals surface area (Å²) in [6.45, 7) is 12.8. The summed E-state index contributed by atoms with van der Waals surface area (Å²) < 4.78 is 16.8. The maximum atomic E-state index is 13.6. The molecule has 0 spiro atoms. The Morgan fingerprint density at radius 3 is 2.45 bits per heavy atom. The fourth-order valence-electron chi connectivity index (χ4n) is 5.84. The highest BCUT2D eigenvalue weighted by Crippen LogP contribution is 2.48. The number of aliphatic carboxylic acids is 1. The van der Waals surface area contributed by atoms with Gasteiger partial charge in [-0.2, -0.15) is 0 Å². The van der Waals surface area contributed by atoms with Gasteiger partial charge in [0.1, 0.15) is 0 Å². The Bertz CT molecular complexity index is 983. The largest absolute Gasteiger partial charge is 0.493 e. The maximum absolute atomic E-state index is 13.6. The van der Waals surface area contributed by atoms with E-state index >= 15 is 0 Å². The number of carboxylic acids is 1. The normalized spacial score (nSPS) is 21.3. The van der Waals surface area contributed by atoms with Crippen LogP contribution in [-0.2, 0) is 9.59 Å². The molecular weight excluding hydrogens is 484 g/mol. The summed E-state index contributed by atoms with van der Waals surface area (Å²) in [5.41, 5.74) is 0.607. The zero-order chi connectivity index (χ0) is 27.9. The average Bonchev–Trinajstić information content (AvgIpc) is 3.48. The molecule has 1 saturated heterocycles. The Balaban J connectivity index is 1.97. The molecule has 1 amide bonds. The lowest BCUT2D eigenvalue weighted by Gasteiger charge is -2.34. The SMILES string of the molecule is CC=CC(C)(C)C[C@H]1[C@H](C(=O)O)[C@@H](c2cc(OC)c3c(c2)OCO3)CN1CC(=O)N(CCCC)CCCC. The van der Waals surface area contributed by atoms with E-state index in [1.165, 1.54) is 0 Å². The molecule has 0 radical (unpaired) electrons. The minimum absolute atomic E-state index is 0.0776. The molecule has 2 heterocycles. The summed E-state index contributed by atoms with van der Waals surface area (Å²) in [6, 6.07) is 3.44. The number of carbonyl (C=O) groups is 2. The first-order chi connectivity index (χ1) is 18.1. The summed E-state index contributed by atoms with van der Waals surface area (Å²) >= 11 is 0. The van der Waals surface area contributed by atoms with Crippen LogP contribution in [0.1, 0.15) is 78.2 Å². The molecule has 1 fully saturated rings. The van der Waals surface area contributed by atoms with Crippen molar-refractivity contribution < 1.29 is 28.9 Å². The lowest BCUT2D eigenvalue weighted by atomic mass is 9.77. The number of benzene rings is 1. The monoisotopic (exact) mass is 530 g/mol. The van der Waals surface area contributed by atoms with Crippen molar-refractivity contribution >= 4 is 11.9 Å². The Morgan fingerprint density at radius 1 is 1.18 bits per heavy atom. The number of allylic oxidation sites excluding steroid dienone is 2. The molecular formula is C30H46N2O6. The number of fused-ring (bicyclic) bond motifs is 1. The third-order valence-corrected chi connectivity index (χ3v) is 7.75. The number of hydrogen-bond acceptors (Lipinski definition) is 6. The van der Waals surface area contributed by atoms with Crippen LogP contribution >= 0.6 is 0 Å². The molecule has 0 bridgehead atoms. The van der Waals surface area contributed by atoms with Crippen molar-refractivity contribution in [1.29, 1.82) is 0 Å². The number of rotatable bonds is 14. The molecule has 2 aliphatic rings. The molecule has 3 atom stereocenters. The van der Waals surface area contributed by atoms with Crippen molar-refractivity contribution in [3.05, 3.63) is 29.8 Å². The van der Waals surface area contributed by atoms with Crippen LogP contribution in [0.2, 0.25) is 0 Å². The van der Waals surface area contributed by atoms with Crippen molar-refractivity contribution in [3.63, 3.8) is 0 Å². The van der Waals surface area contributed by atoms with Gasteiger partial charge in [0.2, 0.25) is 18.4 Å². The van der Waals surface area contributed by atoms with Gasteiger partial charge >= 0.3 is 5.97 Å². The number of amides is 1. The van der Waals surface area contributed by atoms with E-state index in [1.54, 1.807) is 7.11 Å². The molecule has 0 saturated carbocycles. The van der Waals surface area contributed by atoms with Crippen LogP contribution in [0, 0.1) is 11.3 Å². The van der Waals surface area contributed by atoms with Crippen LogP contribution in [0.3, 0.4) is 0 Å². The van der Waals surface area contributed by atoms with Crippen LogP contribution in [0.5, 0.6) is 17.2 Å². The van der Waals surface area contributed by atoms with Gasteiger partial charge in [-0.15, -0.1) is 0 Å². The van der Waals surface area contributed by atoms with Crippen LogP contribution in [0.15, 0.2) is 24.3 Å². The molecule has 3 rings (SSSR count). The first-order valence-corrected chi connectivity index (χ1v) is 14.0. The van der Waals surface area contributed by atoms with E-state index < -0.39 is 11.9 Å². The lowest BCUT2D eigenvalue weighted by Crippen LogP contribution is -2.45. The number of likely N-dealkylation sites (tertiary alicyclic amines) is 1. The minimum atomic E-state index is -0.850. The molecule has 212 valence electrons. The van der Waals surface area contributed by atoms with Gasteiger partial charge in [0.25, 0.3) is 0 Å². The molecule has 38 heavy (non-hydrogen) atoms. The second-order valence-electron chi connectivity index (χ2n) is 11.2. The highest BCUT2D eigenvalue weighted by Gasteiger charge is 2.49. The average molecular weight is 531 g/mol. The van der Waals surface area contributed by atoms with Gasteiger partial charge in [0, 0.05) is 31.6 Å². The Hall–Kier alpha value is -2.74. The quantitative estimate of drug-likeness (QED) is 0.326. The third-order valence-electron chi connectivity index (χ3n) is 7.75. The second kappa shape index (κ2) is 13.4. The van der Waals surface area contributed by atoms with Crippen molar-refractivity contribution in [2.75, 3.05) is 40.1 Å². The zero-order valence-corrected chi connectivity index (χ0v) is 24.0. The van der Waals surface area contributed by atoms with E-state index in [-0.39, 0.29) is 36.6 Å². The van der Waals surface area contributed by atoms with E-state index in [0.717, 1.165) is 44.3 Å². The first kappa shape index (κ1) is 29.8. The molecule has 8 heteroatoms. The number of unbranched alkanes of at least 4 members (excludes halogenated alkanes) is 2. The number of hydrogen-bond donors (Lipinski definition) is 1. The standard InChI is InChI=1S/C30H46N2O6/c1-7-10-13-31(14-11-8-2)26(33)19-32-18-22(21-15-24(36-6)28-25(16-21)37-20-38-28)27(29(34)35)23(32)17-30(4,5)12-9-3/h9,12,15-16,22-23,27H,7-8,10-11,13-14,17-20H2,1-6H3,(H,34,35)/t22-,23+,27-/m1/s1. The van der Waals surface area contributed by atoms with Gasteiger partial charge in [-0.25, -0.2) is 0 Å². The third kappa shape index (κ3) is 7.01. The number of ether oxygens (including phenoxy) is 3. The molecule has 0 aliphatic carbocycles. The van der Waals surface area contributed by atoms with Gasteiger partial charge in [-0.1, -0.05) is 52.7 Å². The molecule has 8 nitrogen and oxygen atoms in total. The summed E-state index contributed by atoms with van der Waals surface area (Å²) in [4.78, 5) is 30.5. The van der Waals surface area contributed by atoms with Gasteiger partial charge < -0.3 is 24.2 Å². The van der Waals surface area contributed by atoms with E-state index in [2.05, 4.69) is 38.7 Å². The molecule has 1 aromatic carbocycles. The maximum Gasteiger partial charge on any atom is 0.308 e. The van der Waals surface area contributed by atoms with Crippen LogP contribution in [-0.4, -0.2) is 72.9 Å². The van der Waals surface area contributed by atoms with Gasteiger partial charge in [0.15, 0.2) is 11.5 Å². The summed E-state index contributed by atoms with van der Waals surface area (Å²) in [5.74, 6) is -0.141. The first-order valence-electron chi connectivity index (χ1n) is 14.0. The molecule has 0 aromatic heterocycles. The fraction of sp³-hybridized carbons (Fsp3) is 0.667. The molecule has 1 N–H and O–H groups in total.